The third kappa shape index (κ3) is 4.69. The Hall–Kier alpha value is -3.89. The topological polar surface area (TPSA) is 102 Å². The first-order valence-corrected chi connectivity index (χ1v) is 8.13. The van der Waals surface area contributed by atoms with E-state index in [-0.39, 0.29) is 17.3 Å². The molecule has 0 saturated heterocycles. The summed E-state index contributed by atoms with van der Waals surface area (Å²) < 4.78 is 45.1. The molecule has 3 rings (SSSR count). The molecule has 0 atom stereocenters. The minimum atomic E-state index is -4.76. The first-order valence-electron chi connectivity index (χ1n) is 8.13. The maximum atomic E-state index is 13.4. The van der Waals surface area contributed by atoms with Crippen LogP contribution < -0.4 is 15.4 Å². The first kappa shape index (κ1) is 19.9. The number of nitrogens with zero attached hydrogens (tertiary/aromatic N) is 3. The summed E-state index contributed by atoms with van der Waals surface area (Å²) in [5.74, 6) is -0.135. The van der Waals surface area contributed by atoms with Gasteiger partial charge < -0.3 is 15.4 Å². The SMILES string of the molecule is COc1ccc(Nc2ncc(C(F)(F)F)c(Nc3ccccc3[N+](=O)[O-])n2)cc1. The van der Waals surface area contributed by atoms with Gasteiger partial charge in [-0.1, -0.05) is 12.1 Å². The van der Waals surface area contributed by atoms with Crippen molar-refractivity contribution in [2.45, 2.75) is 6.18 Å². The van der Waals surface area contributed by atoms with E-state index in [0.29, 0.717) is 17.6 Å². The van der Waals surface area contributed by atoms with Gasteiger partial charge in [-0.05, 0) is 30.3 Å². The number of anilines is 4. The Morgan fingerprint density at radius 3 is 2.38 bits per heavy atom. The van der Waals surface area contributed by atoms with Crippen molar-refractivity contribution in [3.63, 3.8) is 0 Å². The predicted molar refractivity (Wildman–Crippen MR) is 99.7 cm³/mol. The van der Waals surface area contributed by atoms with Gasteiger partial charge in [0.15, 0.2) is 0 Å². The number of aromatic nitrogens is 2. The maximum absolute atomic E-state index is 13.4. The number of benzene rings is 2. The van der Waals surface area contributed by atoms with Crippen molar-refractivity contribution < 1.29 is 22.8 Å². The molecular weight excluding hydrogens is 391 g/mol. The largest absolute Gasteiger partial charge is 0.497 e. The fraction of sp³-hybridized carbons (Fsp3) is 0.111. The highest BCUT2D eigenvalue weighted by atomic mass is 19.4. The predicted octanol–water partition coefficient (Wildman–Crippen LogP) is 4.90. The van der Waals surface area contributed by atoms with Gasteiger partial charge in [0.25, 0.3) is 5.69 Å². The molecule has 1 heterocycles. The summed E-state index contributed by atoms with van der Waals surface area (Å²) in [5, 5.41) is 16.3. The first-order chi connectivity index (χ1) is 13.8. The number of methoxy groups -OCH3 is 1. The molecule has 0 aliphatic heterocycles. The molecule has 2 aromatic carbocycles. The Morgan fingerprint density at radius 2 is 1.76 bits per heavy atom. The number of para-hydroxylation sites is 2. The smallest absolute Gasteiger partial charge is 0.421 e. The van der Waals surface area contributed by atoms with Crippen LogP contribution in [-0.2, 0) is 6.18 Å². The molecule has 0 aliphatic carbocycles. The third-order valence-electron chi connectivity index (χ3n) is 3.79. The lowest BCUT2D eigenvalue weighted by Crippen LogP contribution is -2.13. The summed E-state index contributed by atoms with van der Waals surface area (Å²) >= 11 is 0. The van der Waals surface area contributed by atoms with Crippen molar-refractivity contribution in [3.8, 4) is 5.75 Å². The molecule has 0 spiro atoms. The van der Waals surface area contributed by atoms with E-state index in [4.69, 9.17) is 4.74 Å². The van der Waals surface area contributed by atoms with Crippen LogP contribution in [0.5, 0.6) is 5.75 Å². The van der Waals surface area contributed by atoms with Gasteiger partial charge in [0.2, 0.25) is 5.95 Å². The molecule has 0 radical (unpaired) electrons. The zero-order valence-electron chi connectivity index (χ0n) is 14.9. The van der Waals surface area contributed by atoms with Gasteiger partial charge in [-0.25, -0.2) is 4.98 Å². The number of nitrogens with one attached hydrogen (secondary N) is 2. The van der Waals surface area contributed by atoms with Crippen LogP contribution in [0.3, 0.4) is 0 Å². The maximum Gasteiger partial charge on any atom is 0.421 e. The summed E-state index contributed by atoms with van der Waals surface area (Å²) in [4.78, 5) is 18.0. The highest BCUT2D eigenvalue weighted by molar-refractivity contribution is 5.70. The number of rotatable bonds is 6. The molecule has 150 valence electrons. The molecule has 8 nitrogen and oxygen atoms in total. The van der Waals surface area contributed by atoms with E-state index in [1.807, 2.05) is 0 Å². The number of ether oxygens (including phenoxy) is 1. The van der Waals surface area contributed by atoms with Gasteiger partial charge in [-0.15, -0.1) is 0 Å². The molecule has 1 aromatic heterocycles. The van der Waals surface area contributed by atoms with Crippen molar-refractivity contribution in [2.24, 2.45) is 0 Å². The second-order valence-corrected chi connectivity index (χ2v) is 5.71. The summed E-state index contributed by atoms with van der Waals surface area (Å²) in [6, 6.07) is 11.9. The zero-order chi connectivity index (χ0) is 21.0. The molecule has 11 heteroatoms. The van der Waals surface area contributed by atoms with Crippen LogP contribution in [0.4, 0.5) is 42.0 Å². The molecule has 0 bridgehead atoms. The minimum absolute atomic E-state index is 0.121. The van der Waals surface area contributed by atoms with E-state index >= 15 is 0 Å². The van der Waals surface area contributed by atoms with E-state index in [1.165, 1.54) is 31.4 Å². The zero-order valence-corrected chi connectivity index (χ0v) is 14.9. The Balaban J connectivity index is 1.97. The second kappa shape index (κ2) is 8.00. The van der Waals surface area contributed by atoms with Crippen LogP contribution >= 0.6 is 0 Å². The van der Waals surface area contributed by atoms with Gasteiger partial charge in [0, 0.05) is 18.0 Å². The fourth-order valence-electron chi connectivity index (χ4n) is 2.41. The van der Waals surface area contributed by atoms with Crippen molar-refractivity contribution in [1.82, 2.24) is 9.97 Å². The number of hydrogen-bond donors (Lipinski definition) is 2. The van der Waals surface area contributed by atoms with E-state index in [2.05, 4.69) is 20.6 Å². The molecule has 29 heavy (non-hydrogen) atoms. The number of alkyl halides is 3. The summed E-state index contributed by atoms with van der Waals surface area (Å²) in [7, 11) is 1.50. The van der Waals surface area contributed by atoms with Gasteiger partial charge in [0.1, 0.15) is 22.8 Å². The number of halogens is 3. The normalized spacial score (nSPS) is 11.0. The Morgan fingerprint density at radius 1 is 1.07 bits per heavy atom. The van der Waals surface area contributed by atoms with Gasteiger partial charge in [-0.3, -0.25) is 10.1 Å². The Bertz CT molecular complexity index is 1030. The second-order valence-electron chi connectivity index (χ2n) is 5.71. The van der Waals surface area contributed by atoms with E-state index in [0.717, 1.165) is 0 Å². The van der Waals surface area contributed by atoms with Crippen LogP contribution in [0.15, 0.2) is 54.7 Å². The van der Waals surface area contributed by atoms with Crippen molar-refractivity contribution >= 4 is 28.8 Å². The lowest BCUT2D eigenvalue weighted by atomic mass is 10.2. The van der Waals surface area contributed by atoms with Crippen LogP contribution in [0, 0.1) is 10.1 Å². The lowest BCUT2D eigenvalue weighted by Gasteiger charge is -2.15. The molecular formula is C18H14F3N5O3. The Labute approximate surface area is 162 Å². The molecule has 2 N–H and O–H groups in total. The number of hydrogen-bond acceptors (Lipinski definition) is 7. The van der Waals surface area contributed by atoms with Crippen LogP contribution in [0.1, 0.15) is 5.56 Å². The average Bonchev–Trinajstić information content (AvgIpc) is 2.68. The molecule has 0 fully saturated rings. The van der Waals surface area contributed by atoms with E-state index in [1.54, 1.807) is 24.3 Å². The highest BCUT2D eigenvalue weighted by Gasteiger charge is 2.35. The minimum Gasteiger partial charge on any atom is -0.497 e. The van der Waals surface area contributed by atoms with Gasteiger partial charge in [-0.2, -0.15) is 18.2 Å². The average molecular weight is 405 g/mol. The molecule has 0 saturated carbocycles. The lowest BCUT2D eigenvalue weighted by molar-refractivity contribution is -0.383. The molecule has 0 unspecified atom stereocenters. The summed E-state index contributed by atoms with van der Waals surface area (Å²) in [6.07, 6.45) is -4.15. The highest BCUT2D eigenvalue weighted by Crippen LogP contribution is 2.37. The van der Waals surface area contributed by atoms with Crippen LogP contribution in [0.2, 0.25) is 0 Å². The van der Waals surface area contributed by atoms with Crippen molar-refractivity contribution in [2.75, 3.05) is 17.7 Å². The van der Waals surface area contributed by atoms with Crippen molar-refractivity contribution in [1.29, 1.82) is 0 Å². The van der Waals surface area contributed by atoms with Crippen LogP contribution in [0.25, 0.3) is 0 Å². The molecule has 0 aliphatic rings. The van der Waals surface area contributed by atoms with Gasteiger partial charge >= 0.3 is 6.18 Å². The standard InChI is InChI=1S/C18H14F3N5O3/c1-29-12-8-6-11(7-9-12)23-17-22-10-13(18(19,20)21)16(25-17)24-14-4-2-3-5-15(14)26(27)28/h2-10H,1H3,(H2,22,23,24,25). The number of nitro benzene ring substituents is 1. The van der Waals surface area contributed by atoms with Gasteiger partial charge in [0.05, 0.1) is 12.0 Å². The summed E-state index contributed by atoms with van der Waals surface area (Å²) in [5.41, 5.74) is -1.15. The van der Waals surface area contributed by atoms with E-state index in [9.17, 15) is 23.3 Å². The molecule has 3 aromatic rings. The summed E-state index contributed by atoms with van der Waals surface area (Å²) in [6.45, 7) is 0. The third-order valence-corrected chi connectivity index (χ3v) is 3.79. The van der Waals surface area contributed by atoms with E-state index < -0.39 is 22.5 Å². The quantitative estimate of drug-likeness (QED) is 0.444. The van der Waals surface area contributed by atoms with Crippen molar-refractivity contribution in [3.05, 3.63) is 70.4 Å². The molecule has 0 amide bonds. The Kier molecular flexibility index (Phi) is 5.48. The monoisotopic (exact) mass is 405 g/mol. The fourth-order valence-corrected chi connectivity index (χ4v) is 2.41. The number of nitro groups is 1. The van der Waals surface area contributed by atoms with Crippen LogP contribution in [-0.4, -0.2) is 22.0 Å².